The summed E-state index contributed by atoms with van der Waals surface area (Å²) < 4.78 is 5.94. The molecule has 0 spiro atoms. The summed E-state index contributed by atoms with van der Waals surface area (Å²) in [6, 6.07) is 6.32. The molecule has 2 nitrogen and oxygen atoms in total. The topological polar surface area (TPSA) is 26.3 Å². The molecule has 1 aliphatic rings. The molecule has 92 valence electrons. The van der Waals surface area contributed by atoms with Crippen LogP contribution in [-0.4, -0.2) is 11.9 Å². The third kappa shape index (κ3) is 2.68. The number of ether oxygens (including phenoxy) is 1. The normalized spacial score (nSPS) is 19.0. The van der Waals surface area contributed by atoms with Gasteiger partial charge in [-0.05, 0) is 49.8 Å². The Labute approximate surface area is 103 Å². The smallest absolute Gasteiger partial charge is 0.123 e. The molecule has 0 amide bonds. The molecule has 1 unspecified atom stereocenters. The molecular weight excluding hydrogens is 212 g/mol. The van der Waals surface area contributed by atoms with Gasteiger partial charge in [0.25, 0.3) is 0 Å². The zero-order valence-corrected chi connectivity index (χ0v) is 10.8. The van der Waals surface area contributed by atoms with E-state index in [1.54, 1.807) is 0 Å². The summed E-state index contributed by atoms with van der Waals surface area (Å²) >= 11 is 0. The molecule has 0 aromatic heterocycles. The van der Waals surface area contributed by atoms with Gasteiger partial charge in [0.2, 0.25) is 0 Å². The highest BCUT2D eigenvalue weighted by Crippen LogP contribution is 2.35. The van der Waals surface area contributed by atoms with Gasteiger partial charge in [-0.25, -0.2) is 0 Å². The zero-order valence-electron chi connectivity index (χ0n) is 10.8. The van der Waals surface area contributed by atoms with Crippen LogP contribution in [0.3, 0.4) is 0 Å². The molecule has 2 heteroatoms. The number of carbonyl (C=O) groups excluding carboxylic acids is 1. The van der Waals surface area contributed by atoms with E-state index in [2.05, 4.69) is 32.9 Å². The lowest BCUT2D eigenvalue weighted by atomic mass is 9.90. The van der Waals surface area contributed by atoms with Gasteiger partial charge in [0.1, 0.15) is 17.6 Å². The van der Waals surface area contributed by atoms with Crippen molar-refractivity contribution in [3.63, 3.8) is 0 Å². The van der Waals surface area contributed by atoms with E-state index in [-0.39, 0.29) is 5.60 Å². The monoisotopic (exact) mass is 232 g/mol. The molecule has 1 heterocycles. The SMILES string of the molecule is CC(CC=O)c1ccc2c(c1)CCC(C)(C)O2. The van der Waals surface area contributed by atoms with Crippen LogP contribution in [0.5, 0.6) is 5.75 Å². The van der Waals surface area contributed by atoms with Crippen molar-refractivity contribution in [2.45, 2.75) is 51.6 Å². The van der Waals surface area contributed by atoms with Crippen LogP contribution in [0.2, 0.25) is 0 Å². The Kier molecular flexibility index (Phi) is 3.23. The van der Waals surface area contributed by atoms with Crippen molar-refractivity contribution in [2.24, 2.45) is 0 Å². The second-order valence-electron chi connectivity index (χ2n) is 5.53. The van der Waals surface area contributed by atoms with Crippen LogP contribution < -0.4 is 4.74 Å². The van der Waals surface area contributed by atoms with Gasteiger partial charge in [-0.15, -0.1) is 0 Å². The van der Waals surface area contributed by atoms with E-state index < -0.39 is 0 Å². The quantitative estimate of drug-likeness (QED) is 0.746. The van der Waals surface area contributed by atoms with Gasteiger partial charge >= 0.3 is 0 Å². The van der Waals surface area contributed by atoms with E-state index in [0.717, 1.165) is 24.9 Å². The summed E-state index contributed by atoms with van der Waals surface area (Å²) in [5, 5.41) is 0. The Morgan fingerprint density at radius 2 is 2.24 bits per heavy atom. The summed E-state index contributed by atoms with van der Waals surface area (Å²) in [5.41, 5.74) is 2.46. The van der Waals surface area contributed by atoms with Gasteiger partial charge < -0.3 is 9.53 Å². The van der Waals surface area contributed by atoms with E-state index in [1.165, 1.54) is 11.1 Å². The average Bonchev–Trinajstić information content (AvgIpc) is 2.27. The van der Waals surface area contributed by atoms with Crippen LogP contribution in [0.1, 0.15) is 50.7 Å². The molecule has 0 aliphatic carbocycles. The number of carbonyl (C=O) groups is 1. The van der Waals surface area contributed by atoms with Gasteiger partial charge in [0.15, 0.2) is 0 Å². The molecule has 1 aromatic carbocycles. The minimum atomic E-state index is -0.0526. The Hall–Kier alpha value is -1.31. The first-order valence-corrected chi connectivity index (χ1v) is 6.27. The van der Waals surface area contributed by atoms with Gasteiger partial charge in [-0.2, -0.15) is 0 Å². The van der Waals surface area contributed by atoms with E-state index in [4.69, 9.17) is 4.74 Å². The number of aryl methyl sites for hydroxylation is 1. The molecule has 0 fully saturated rings. The fourth-order valence-corrected chi connectivity index (χ4v) is 2.27. The lowest BCUT2D eigenvalue weighted by Gasteiger charge is -2.33. The molecular formula is C15H20O2. The number of aldehydes is 1. The number of hydrogen-bond acceptors (Lipinski definition) is 2. The van der Waals surface area contributed by atoms with Crippen LogP contribution in [-0.2, 0) is 11.2 Å². The van der Waals surface area contributed by atoms with Crippen LogP contribution in [0.15, 0.2) is 18.2 Å². The molecule has 1 aliphatic heterocycles. The summed E-state index contributed by atoms with van der Waals surface area (Å²) in [5.74, 6) is 1.30. The predicted molar refractivity (Wildman–Crippen MR) is 68.6 cm³/mol. The predicted octanol–water partition coefficient (Wildman–Crippen LogP) is 3.48. The molecule has 1 aromatic rings. The number of hydrogen-bond donors (Lipinski definition) is 0. The first kappa shape index (κ1) is 12.2. The Balaban J connectivity index is 2.24. The Morgan fingerprint density at radius 1 is 1.47 bits per heavy atom. The molecule has 1 atom stereocenters. The zero-order chi connectivity index (χ0) is 12.5. The molecule has 0 radical (unpaired) electrons. The summed E-state index contributed by atoms with van der Waals surface area (Å²) in [6.45, 7) is 6.33. The van der Waals surface area contributed by atoms with E-state index in [1.807, 2.05) is 6.07 Å². The largest absolute Gasteiger partial charge is 0.488 e. The molecule has 17 heavy (non-hydrogen) atoms. The van der Waals surface area contributed by atoms with E-state index >= 15 is 0 Å². The number of rotatable bonds is 3. The van der Waals surface area contributed by atoms with Crippen LogP contribution in [0.4, 0.5) is 0 Å². The van der Waals surface area contributed by atoms with Crippen LogP contribution in [0, 0.1) is 0 Å². The maximum Gasteiger partial charge on any atom is 0.123 e. The number of benzene rings is 1. The van der Waals surface area contributed by atoms with Gasteiger partial charge in [-0.1, -0.05) is 19.1 Å². The van der Waals surface area contributed by atoms with Crippen molar-refractivity contribution in [2.75, 3.05) is 0 Å². The van der Waals surface area contributed by atoms with Gasteiger partial charge in [0.05, 0.1) is 0 Å². The second-order valence-corrected chi connectivity index (χ2v) is 5.53. The maximum absolute atomic E-state index is 10.5. The third-order valence-electron chi connectivity index (χ3n) is 3.49. The highest BCUT2D eigenvalue weighted by molar-refractivity contribution is 5.52. The van der Waals surface area contributed by atoms with Crippen LogP contribution in [0.25, 0.3) is 0 Å². The van der Waals surface area contributed by atoms with Crippen molar-refractivity contribution in [3.05, 3.63) is 29.3 Å². The molecule has 0 saturated carbocycles. The fourth-order valence-electron chi connectivity index (χ4n) is 2.27. The van der Waals surface area contributed by atoms with Crippen molar-refractivity contribution in [1.82, 2.24) is 0 Å². The minimum absolute atomic E-state index is 0.0526. The maximum atomic E-state index is 10.5. The first-order valence-electron chi connectivity index (χ1n) is 6.27. The summed E-state index contributed by atoms with van der Waals surface area (Å²) in [4.78, 5) is 10.5. The molecule has 0 N–H and O–H groups in total. The second kappa shape index (κ2) is 4.52. The summed E-state index contributed by atoms with van der Waals surface area (Å²) in [6.07, 6.45) is 3.68. The van der Waals surface area contributed by atoms with Crippen molar-refractivity contribution >= 4 is 6.29 Å². The van der Waals surface area contributed by atoms with Gasteiger partial charge in [-0.3, -0.25) is 0 Å². The summed E-state index contributed by atoms with van der Waals surface area (Å²) in [7, 11) is 0. The Morgan fingerprint density at radius 3 is 2.94 bits per heavy atom. The van der Waals surface area contributed by atoms with E-state index in [9.17, 15) is 4.79 Å². The standard InChI is InChI=1S/C15H20O2/c1-11(7-9-16)12-4-5-14-13(10-12)6-8-15(2,3)17-14/h4-5,9-11H,6-8H2,1-3H3. The van der Waals surface area contributed by atoms with Crippen molar-refractivity contribution in [1.29, 1.82) is 0 Å². The lowest BCUT2D eigenvalue weighted by molar-refractivity contribution is -0.108. The van der Waals surface area contributed by atoms with Gasteiger partial charge in [0, 0.05) is 6.42 Å². The molecule has 2 rings (SSSR count). The minimum Gasteiger partial charge on any atom is -0.488 e. The molecule has 0 bridgehead atoms. The van der Waals surface area contributed by atoms with Crippen molar-refractivity contribution < 1.29 is 9.53 Å². The highest BCUT2D eigenvalue weighted by atomic mass is 16.5. The van der Waals surface area contributed by atoms with Crippen LogP contribution >= 0.6 is 0 Å². The molecule has 0 saturated heterocycles. The van der Waals surface area contributed by atoms with Crippen molar-refractivity contribution in [3.8, 4) is 5.75 Å². The Bertz CT molecular complexity index is 421. The lowest BCUT2D eigenvalue weighted by Crippen LogP contribution is -2.32. The average molecular weight is 232 g/mol. The number of fused-ring (bicyclic) bond motifs is 1. The first-order chi connectivity index (χ1) is 8.02. The third-order valence-corrected chi connectivity index (χ3v) is 3.49. The fraction of sp³-hybridized carbons (Fsp3) is 0.533. The van der Waals surface area contributed by atoms with E-state index in [0.29, 0.717) is 12.3 Å². The highest BCUT2D eigenvalue weighted by Gasteiger charge is 2.26.